The molecular formula is C36H36Cl2GeZr. The quantitative estimate of drug-likeness (QED) is 0.426. The molecule has 0 heterocycles. The van der Waals surface area contributed by atoms with Gasteiger partial charge in [-0.25, -0.2) is 0 Å². The van der Waals surface area contributed by atoms with Crippen LogP contribution in [0.25, 0.3) is 0 Å². The zero-order valence-corrected chi connectivity index (χ0v) is 29.7. The van der Waals surface area contributed by atoms with Crippen LogP contribution >= 0.6 is 0 Å². The second-order valence-corrected chi connectivity index (χ2v) is 23.3. The molecule has 0 spiro atoms. The summed E-state index contributed by atoms with van der Waals surface area (Å²) in [6.07, 6.45) is 23.8. The van der Waals surface area contributed by atoms with Gasteiger partial charge in [0, 0.05) is 17.6 Å². The molecule has 4 aliphatic rings. The Hall–Kier alpha value is -1.63. The molecule has 4 heteroatoms. The van der Waals surface area contributed by atoms with Gasteiger partial charge in [0.05, 0.1) is 0 Å². The van der Waals surface area contributed by atoms with E-state index in [1.807, 2.05) is 0 Å². The first-order valence-corrected chi connectivity index (χ1v) is 21.4. The molecule has 4 aliphatic carbocycles. The molecule has 4 unspecified atom stereocenters. The van der Waals surface area contributed by atoms with Crippen molar-refractivity contribution in [2.24, 2.45) is 0 Å². The Morgan fingerprint density at radius 1 is 0.525 bits per heavy atom. The minimum Gasteiger partial charge on any atom is -1.00 e. The van der Waals surface area contributed by atoms with Gasteiger partial charge in [-0.1, -0.05) is 0 Å². The van der Waals surface area contributed by atoms with E-state index in [0.29, 0.717) is 19.1 Å². The summed E-state index contributed by atoms with van der Waals surface area (Å²) in [5, 5.41) is 0. The summed E-state index contributed by atoms with van der Waals surface area (Å²) in [6.45, 7) is 4.80. The summed E-state index contributed by atoms with van der Waals surface area (Å²) in [4.78, 5) is 0. The second kappa shape index (κ2) is 13.6. The molecule has 0 aliphatic heterocycles. The number of allylic oxidation sites excluding steroid dienone is 16. The van der Waals surface area contributed by atoms with Gasteiger partial charge in [0.15, 0.2) is 0 Å². The van der Waals surface area contributed by atoms with E-state index in [9.17, 15) is 0 Å². The zero-order chi connectivity index (χ0) is 25.6. The van der Waals surface area contributed by atoms with Crippen LogP contribution in [-0.4, -0.2) is 17.6 Å². The van der Waals surface area contributed by atoms with Crippen molar-refractivity contribution in [1.82, 2.24) is 0 Å². The van der Waals surface area contributed by atoms with Gasteiger partial charge in [-0.15, -0.1) is 0 Å². The van der Waals surface area contributed by atoms with Crippen molar-refractivity contribution in [3.8, 4) is 0 Å². The second-order valence-electron chi connectivity index (χ2n) is 11.6. The van der Waals surface area contributed by atoms with Crippen LogP contribution in [0.3, 0.4) is 0 Å². The van der Waals surface area contributed by atoms with E-state index in [2.05, 4.69) is 145 Å². The molecule has 4 atom stereocenters. The molecule has 0 nitrogen and oxygen atoms in total. The number of benzene rings is 2. The first kappa shape index (κ1) is 32.9. The number of hydrogen-bond acceptors (Lipinski definition) is 0. The SMILES string of the molecule is CC1=CC2=C(C=CC=CC2c2ccccc2)[CH]1[Zr+2]([CH3])([CH3])[CH]1C(C)=CC2=C1C=CC=CC2c1ccccc1.[Cl-].[Cl-].[Ge]. The van der Waals surface area contributed by atoms with Gasteiger partial charge < -0.3 is 24.8 Å². The molecule has 6 rings (SSSR count). The summed E-state index contributed by atoms with van der Waals surface area (Å²) >= 11 is -2.87. The first-order chi connectivity index (χ1) is 18.0. The van der Waals surface area contributed by atoms with Gasteiger partial charge >= 0.3 is 228 Å². The van der Waals surface area contributed by atoms with E-state index in [4.69, 9.17) is 0 Å². The van der Waals surface area contributed by atoms with E-state index in [1.54, 1.807) is 22.3 Å². The van der Waals surface area contributed by atoms with Crippen LogP contribution in [0.2, 0.25) is 16.5 Å². The molecule has 0 amide bonds. The Morgan fingerprint density at radius 3 is 1.27 bits per heavy atom. The van der Waals surface area contributed by atoms with E-state index >= 15 is 0 Å². The van der Waals surface area contributed by atoms with Crippen molar-refractivity contribution in [2.75, 3.05) is 0 Å². The predicted molar refractivity (Wildman–Crippen MR) is 161 cm³/mol. The van der Waals surface area contributed by atoms with Crippen LogP contribution in [0, 0.1) is 0 Å². The van der Waals surface area contributed by atoms with E-state index in [0.717, 1.165) is 0 Å². The van der Waals surface area contributed by atoms with E-state index in [-0.39, 0.29) is 42.4 Å². The minimum absolute atomic E-state index is 0. The van der Waals surface area contributed by atoms with Crippen LogP contribution < -0.4 is 24.8 Å². The minimum atomic E-state index is -2.87. The third-order valence-electron chi connectivity index (χ3n) is 8.82. The standard InChI is InChI=1S/2C17H15.2CH3.2ClH.Ge.Zr/c2*1-13-11-15-9-5-6-10-16(17(15)12-13)14-7-3-2-4-8-14;;;;;;/h2*2-12,16H,1H3;2*1H3;2*1H;;/q;;;;;;;+2/p-2. The fourth-order valence-corrected chi connectivity index (χ4v) is 19.7. The van der Waals surface area contributed by atoms with Gasteiger partial charge in [-0.05, 0) is 0 Å². The molecule has 0 fully saturated rings. The zero-order valence-electron chi connectivity index (χ0n) is 23.6. The Labute approximate surface area is 268 Å². The number of halogens is 2. The predicted octanol–water partition coefficient (Wildman–Crippen LogP) is 3.77. The van der Waals surface area contributed by atoms with Crippen LogP contribution in [0.4, 0.5) is 0 Å². The van der Waals surface area contributed by atoms with Crippen LogP contribution in [0.5, 0.6) is 0 Å². The van der Waals surface area contributed by atoms with Crippen molar-refractivity contribution in [1.29, 1.82) is 0 Å². The summed E-state index contributed by atoms with van der Waals surface area (Å²) in [7, 11) is 0. The Kier molecular flexibility index (Phi) is 11.1. The summed E-state index contributed by atoms with van der Waals surface area (Å²) in [6, 6.07) is 22.0. The molecule has 40 heavy (non-hydrogen) atoms. The molecule has 4 radical (unpaired) electrons. The molecule has 0 saturated carbocycles. The van der Waals surface area contributed by atoms with Gasteiger partial charge in [0.2, 0.25) is 0 Å². The van der Waals surface area contributed by atoms with Crippen molar-refractivity contribution in [2.45, 2.75) is 42.2 Å². The molecule has 0 saturated heterocycles. The third kappa shape index (κ3) is 5.83. The van der Waals surface area contributed by atoms with E-state index in [1.165, 1.54) is 22.3 Å². The van der Waals surface area contributed by atoms with Crippen molar-refractivity contribution < 1.29 is 45.1 Å². The van der Waals surface area contributed by atoms with Crippen molar-refractivity contribution in [3.05, 3.63) is 166 Å². The molecular weight excluding hydrogens is 667 g/mol. The summed E-state index contributed by atoms with van der Waals surface area (Å²) in [5.41, 5.74) is 12.1. The fraction of sp³-hybridized carbons (Fsp3) is 0.222. The van der Waals surface area contributed by atoms with Crippen LogP contribution in [0.1, 0.15) is 36.8 Å². The third-order valence-corrected chi connectivity index (χ3v) is 19.9. The molecule has 202 valence electrons. The van der Waals surface area contributed by atoms with Gasteiger partial charge in [-0.2, -0.15) is 0 Å². The average Bonchev–Trinajstić information content (AvgIpc) is 3.23. The van der Waals surface area contributed by atoms with Crippen LogP contribution in [0.15, 0.2) is 155 Å². The number of rotatable bonds is 4. The maximum absolute atomic E-state index is 2.87. The molecule has 0 aromatic heterocycles. The van der Waals surface area contributed by atoms with Crippen molar-refractivity contribution >= 4 is 17.6 Å². The van der Waals surface area contributed by atoms with Crippen LogP contribution in [-0.2, 0) is 20.3 Å². The average molecular weight is 703 g/mol. The van der Waals surface area contributed by atoms with Crippen molar-refractivity contribution in [3.63, 3.8) is 0 Å². The maximum atomic E-state index is 2.71. The molecule has 2 aromatic carbocycles. The van der Waals surface area contributed by atoms with E-state index < -0.39 is 20.3 Å². The fourth-order valence-electron chi connectivity index (χ4n) is 7.49. The number of hydrogen-bond donors (Lipinski definition) is 0. The normalized spacial score (nSPS) is 24.2. The smallest absolute Gasteiger partial charge is 0 e. The first-order valence-electron chi connectivity index (χ1n) is 13.6. The van der Waals surface area contributed by atoms with Gasteiger partial charge in [0.1, 0.15) is 0 Å². The Bertz CT molecular complexity index is 1360. The maximum Gasteiger partial charge on any atom is 0 e. The molecule has 0 N–H and O–H groups in total. The van der Waals surface area contributed by atoms with Gasteiger partial charge in [0.25, 0.3) is 0 Å². The Balaban J connectivity index is 0.00000147. The monoisotopic (exact) mass is 702 g/mol. The summed E-state index contributed by atoms with van der Waals surface area (Å²) < 4.78 is 6.56. The molecule has 0 bridgehead atoms. The topological polar surface area (TPSA) is 0 Å². The summed E-state index contributed by atoms with van der Waals surface area (Å²) in [5.74, 6) is 0.653. The largest absolute Gasteiger partial charge is 1.00 e. The molecule has 2 aromatic rings. The Morgan fingerprint density at radius 2 is 0.900 bits per heavy atom. The van der Waals surface area contributed by atoms with Gasteiger partial charge in [-0.3, -0.25) is 0 Å².